The van der Waals surface area contributed by atoms with Gasteiger partial charge in [0.1, 0.15) is 5.82 Å². The van der Waals surface area contributed by atoms with Crippen LogP contribution in [0, 0.1) is 11.7 Å². The zero-order valence-corrected chi connectivity index (χ0v) is 16.7. The molecule has 1 unspecified atom stereocenters. The minimum Gasteiger partial charge on any atom is -0.403 e. The van der Waals surface area contributed by atoms with Crippen molar-refractivity contribution >= 4 is 21.9 Å². The summed E-state index contributed by atoms with van der Waals surface area (Å²) in [5, 5.41) is 10.3. The first-order valence-electron chi connectivity index (χ1n) is 9.39. The van der Waals surface area contributed by atoms with Crippen LogP contribution in [-0.4, -0.2) is 41.9 Å². The predicted octanol–water partition coefficient (Wildman–Crippen LogP) is 2.92. The number of amides is 1. The Morgan fingerprint density at radius 1 is 1.10 bits per heavy atom. The van der Waals surface area contributed by atoms with Crippen molar-refractivity contribution in [3.63, 3.8) is 0 Å². The fourth-order valence-electron chi connectivity index (χ4n) is 3.31. The molecule has 1 aromatic heterocycles. The molecule has 30 heavy (non-hydrogen) atoms. The van der Waals surface area contributed by atoms with Crippen LogP contribution in [0.5, 0.6) is 0 Å². The van der Waals surface area contributed by atoms with Gasteiger partial charge < -0.3 is 4.42 Å². The topological polar surface area (TPSA) is 105 Å². The van der Waals surface area contributed by atoms with Gasteiger partial charge in [0.25, 0.3) is 0 Å². The molecule has 1 N–H and O–H groups in total. The first-order chi connectivity index (χ1) is 14.4. The molecule has 1 aliphatic heterocycles. The van der Waals surface area contributed by atoms with Gasteiger partial charge in [0, 0.05) is 18.7 Å². The Labute approximate surface area is 172 Å². The number of carbonyl (C=O) groups excluding carboxylic acids is 1. The van der Waals surface area contributed by atoms with Crippen molar-refractivity contribution in [2.24, 2.45) is 5.92 Å². The summed E-state index contributed by atoms with van der Waals surface area (Å²) in [7, 11) is -3.81. The summed E-state index contributed by atoms with van der Waals surface area (Å²) in [6.07, 6.45) is 1.05. The van der Waals surface area contributed by atoms with Crippen LogP contribution >= 0.6 is 0 Å². The van der Waals surface area contributed by atoms with Gasteiger partial charge in [-0.2, -0.15) is 4.31 Å². The number of nitrogens with one attached hydrogen (secondary N) is 1. The molecule has 156 valence electrons. The van der Waals surface area contributed by atoms with Crippen LogP contribution in [0.15, 0.2) is 63.9 Å². The van der Waals surface area contributed by atoms with Crippen LogP contribution in [-0.2, 0) is 14.8 Å². The lowest BCUT2D eigenvalue weighted by molar-refractivity contribution is -0.121. The number of rotatable bonds is 5. The number of nitrogens with zero attached hydrogens (tertiary/aromatic N) is 3. The van der Waals surface area contributed by atoms with Crippen LogP contribution in [0.1, 0.15) is 12.8 Å². The van der Waals surface area contributed by atoms with E-state index in [1.165, 1.54) is 16.4 Å². The highest BCUT2D eigenvalue weighted by atomic mass is 32.2. The maximum atomic E-state index is 13.1. The summed E-state index contributed by atoms with van der Waals surface area (Å²) in [6.45, 7) is 0.313. The van der Waals surface area contributed by atoms with Gasteiger partial charge in [-0.1, -0.05) is 23.3 Å². The second-order valence-electron chi connectivity index (χ2n) is 6.92. The molecule has 4 rings (SSSR count). The normalized spacial score (nSPS) is 17.6. The molecule has 10 heteroatoms. The Balaban J connectivity index is 1.44. The number of anilines is 1. The van der Waals surface area contributed by atoms with Gasteiger partial charge in [-0.25, -0.2) is 12.8 Å². The van der Waals surface area contributed by atoms with Gasteiger partial charge >= 0.3 is 6.01 Å². The fourth-order valence-corrected chi connectivity index (χ4v) is 4.83. The number of hydrogen-bond acceptors (Lipinski definition) is 6. The largest absolute Gasteiger partial charge is 0.403 e. The summed E-state index contributed by atoms with van der Waals surface area (Å²) in [6, 6.07) is 13.7. The van der Waals surface area contributed by atoms with E-state index in [4.69, 9.17) is 4.42 Å². The summed E-state index contributed by atoms with van der Waals surface area (Å²) < 4.78 is 45.5. The number of carbonyl (C=O) groups is 1. The molecule has 0 bridgehead atoms. The maximum absolute atomic E-state index is 13.1. The van der Waals surface area contributed by atoms with Gasteiger partial charge in [-0.05, 0) is 49.2 Å². The number of sulfonamides is 1. The number of benzene rings is 2. The Kier molecular flexibility index (Phi) is 5.60. The second kappa shape index (κ2) is 8.33. The lowest BCUT2D eigenvalue weighted by atomic mass is 9.99. The molecule has 8 nitrogen and oxygen atoms in total. The first kappa shape index (κ1) is 20.2. The monoisotopic (exact) mass is 430 g/mol. The molecule has 1 fully saturated rings. The number of hydrogen-bond donors (Lipinski definition) is 1. The SMILES string of the molecule is O=C(Nc1nnc(-c2ccccc2)o1)C1CCCN(S(=O)(=O)c2ccc(F)cc2)C1. The van der Waals surface area contributed by atoms with Crippen LogP contribution in [0.3, 0.4) is 0 Å². The predicted molar refractivity (Wildman–Crippen MR) is 106 cm³/mol. The molecule has 2 heterocycles. The summed E-state index contributed by atoms with van der Waals surface area (Å²) >= 11 is 0. The van der Waals surface area contributed by atoms with Crippen LogP contribution in [0.4, 0.5) is 10.4 Å². The van der Waals surface area contributed by atoms with Crippen molar-refractivity contribution in [3.05, 3.63) is 60.4 Å². The van der Waals surface area contributed by atoms with E-state index in [2.05, 4.69) is 15.5 Å². The van der Waals surface area contributed by atoms with E-state index in [-0.39, 0.29) is 23.3 Å². The van der Waals surface area contributed by atoms with Crippen molar-refractivity contribution in [3.8, 4) is 11.5 Å². The average Bonchev–Trinajstić information content (AvgIpc) is 3.23. The van der Waals surface area contributed by atoms with E-state index in [0.29, 0.717) is 19.4 Å². The van der Waals surface area contributed by atoms with E-state index >= 15 is 0 Å². The molecule has 1 saturated heterocycles. The Bertz CT molecular complexity index is 1130. The Morgan fingerprint density at radius 3 is 2.57 bits per heavy atom. The second-order valence-corrected chi connectivity index (χ2v) is 8.86. The third kappa shape index (κ3) is 4.24. The molecule has 0 aliphatic carbocycles. The fraction of sp³-hybridized carbons (Fsp3) is 0.250. The molecule has 0 saturated carbocycles. The number of halogens is 1. The number of piperidine rings is 1. The van der Waals surface area contributed by atoms with Crippen molar-refractivity contribution in [1.82, 2.24) is 14.5 Å². The molecule has 1 aliphatic rings. The van der Waals surface area contributed by atoms with Gasteiger partial charge in [0.2, 0.25) is 21.8 Å². The molecule has 2 aromatic carbocycles. The Hall–Kier alpha value is -3.11. The Morgan fingerprint density at radius 2 is 1.83 bits per heavy atom. The first-order valence-corrected chi connectivity index (χ1v) is 10.8. The van der Waals surface area contributed by atoms with E-state index in [9.17, 15) is 17.6 Å². The van der Waals surface area contributed by atoms with E-state index in [1.54, 1.807) is 12.1 Å². The zero-order valence-electron chi connectivity index (χ0n) is 15.9. The average molecular weight is 430 g/mol. The standard InChI is InChI=1S/C20H19FN4O4S/c21-16-8-10-17(11-9-16)30(27,28)25-12-4-7-15(13-25)18(26)22-20-24-23-19(29-20)14-5-2-1-3-6-14/h1-3,5-6,8-11,15H,4,7,12-13H2,(H,22,24,26). The minimum absolute atomic E-state index is 0.00522. The number of aromatic nitrogens is 2. The van der Waals surface area contributed by atoms with Gasteiger partial charge in [0.05, 0.1) is 10.8 Å². The molecule has 1 atom stereocenters. The molecule has 3 aromatic rings. The molecule has 1 amide bonds. The highest BCUT2D eigenvalue weighted by molar-refractivity contribution is 7.89. The third-order valence-electron chi connectivity index (χ3n) is 4.88. The summed E-state index contributed by atoms with van der Waals surface area (Å²) in [4.78, 5) is 12.7. The van der Waals surface area contributed by atoms with Crippen LogP contribution in [0.25, 0.3) is 11.5 Å². The van der Waals surface area contributed by atoms with E-state index in [1.807, 2.05) is 18.2 Å². The van der Waals surface area contributed by atoms with Crippen molar-refractivity contribution in [2.45, 2.75) is 17.7 Å². The van der Waals surface area contributed by atoms with Crippen molar-refractivity contribution < 1.29 is 22.0 Å². The molecular weight excluding hydrogens is 411 g/mol. The third-order valence-corrected chi connectivity index (χ3v) is 6.76. The molecule has 0 radical (unpaired) electrons. The minimum atomic E-state index is -3.81. The van der Waals surface area contributed by atoms with Gasteiger partial charge in [-0.3, -0.25) is 10.1 Å². The molecular formula is C20H19FN4O4S. The molecule has 0 spiro atoms. The van der Waals surface area contributed by atoms with Crippen LogP contribution < -0.4 is 5.32 Å². The summed E-state index contributed by atoms with van der Waals surface area (Å²) in [5.74, 6) is -1.20. The van der Waals surface area contributed by atoms with E-state index in [0.717, 1.165) is 17.7 Å². The highest BCUT2D eigenvalue weighted by Crippen LogP contribution is 2.25. The summed E-state index contributed by atoms with van der Waals surface area (Å²) in [5.41, 5.74) is 0.722. The smallest absolute Gasteiger partial charge is 0.322 e. The van der Waals surface area contributed by atoms with Gasteiger partial charge in [-0.15, -0.1) is 5.10 Å². The lowest BCUT2D eigenvalue weighted by Gasteiger charge is -2.30. The van der Waals surface area contributed by atoms with Crippen molar-refractivity contribution in [2.75, 3.05) is 18.4 Å². The highest BCUT2D eigenvalue weighted by Gasteiger charge is 2.33. The maximum Gasteiger partial charge on any atom is 0.322 e. The lowest BCUT2D eigenvalue weighted by Crippen LogP contribution is -2.43. The van der Waals surface area contributed by atoms with E-state index < -0.39 is 27.7 Å². The zero-order chi connectivity index (χ0) is 21.1. The quantitative estimate of drug-likeness (QED) is 0.667. The van der Waals surface area contributed by atoms with Crippen LogP contribution in [0.2, 0.25) is 0 Å². The van der Waals surface area contributed by atoms with Crippen molar-refractivity contribution in [1.29, 1.82) is 0 Å². The van der Waals surface area contributed by atoms with Gasteiger partial charge in [0.15, 0.2) is 0 Å².